The summed E-state index contributed by atoms with van der Waals surface area (Å²) in [5.74, 6) is 0. The molecule has 0 atom stereocenters. The Labute approximate surface area is 121 Å². The van der Waals surface area contributed by atoms with Crippen LogP contribution >= 0.6 is 0 Å². The Hall–Kier alpha value is -1.17. The largest absolute Gasteiger partial charge is 0.313 e. The van der Waals surface area contributed by atoms with Gasteiger partial charge in [-0.15, -0.1) is 6.58 Å². The predicted molar refractivity (Wildman–Crippen MR) is 80.9 cm³/mol. The van der Waals surface area contributed by atoms with Crippen LogP contribution in [0.5, 0.6) is 0 Å². The fourth-order valence-corrected chi connectivity index (χ4v) is 4.10. The Kier molecular flexibility index (Phi) is 4.96. The van der Waals surface area contributed by atoms with Crippen molar-refractivity contribution in [3.05, 3.63) is 42.5 Å². The quantitative estimate of drug-likeness (QED) is 0.747. The Morgan fingerprint density at radius 2 is 2.10 bits per heavy atom. The van der Waals surface area contributed by atoms with Crippen LogP contribution in [0.15, 0.2) is 41.8 Å². The molecule has 20 heavy (non-hydrogen) atoms. The van der Waals surface area contributed by atoms with Crippen molar-refractivity contribution in [2.24, 2.45) is 0 Å². The molecule has 0 bridgehead atoms. The van der Waals surface area contributed by atoms with Crippen molar-refractivity contribution in [1.29, 1.82) is 0 Å². The third-order valence-corrected chi connectivity index (χ3v) is 5.41. The van der Waals surface area contributed by atoms with E-state index in [0.29, 0.717) is 18.0 Å². The molecule has 0 aromatic heterocycles. The summed E-state index contributed by atoms with van der Waals surface area (Å²) in [6.07, 6.45) is 3.55. The van der Waals surface area contributed by atoms with Gasteiger partial charge in [0.2, 0.25) is 10.0 Å². The first-order valence-electron chi connectivity index (χ1n) is 7.02. The van der Waals surface area contributed by atoms with Crippen LogP contribution in [0.3, 0.4) is 0 Å². The van der Waals surface area contributed by atoms with Gasteiger partial charge in [0, 0.05) is 19.1 Å². The molecule has 0 saturated heterocycles. The maximum Gasteiger partial charge on any atom is 0.243 e. The number of benzene rings is 1. The molecule has 1 N–H and O–H groups in total. The lowest BCUT2D eigenvalue weighted by Crippen LogP contribution is -2.34. The molecule has 0 spiro atoms. The third-order valence-electron chi connectivity index (χ3n) is 3.39. The first kappa shape index (κ1) is 15.2. The van der Waals surface area contributed by atoms with Crippen LogP contribution in [-0.2, 0) is 16.6 Å². The average molecular weight is 294 g/mol. The zero-order chi connectivity index (χ0) is 14.6. The van der Waals surface area contributed by atoms with E-state index >= 15 is 0 Å². The van der Waals surface area contributed by atoms with Crippen LogP contribution in [0, 0.1) is 0 Å². The molecule has 1 aliphatic carbocycles. The van der Waals surface area contributed by atoms with Gasteiger partial charge in [0.05, 0.1) is 4.90 Å². The minimum atomic E-state index is -3.44. The number of hydrogen-bond donors (Lipinski definition) is 1. The highest BCUT2D eigenvalue weighted by Gasteiger charge is 2.37. The van der Waals surface area contributed by atoms with Crippen molar-refractivity contribution in [3.63, 3.8) is 0 Å². The Bertz CT molecular complexity index is 565. The fourth-order valence-electron chi connectivity index (χ4n) is 2.22. The van der Waals surface area contributed by atoms with E-state index in [1.807, 2.05) is 19.1 Å². The highest BCUT2D eigenvalue weighted by atomic mass is 32.2. The Morgan fingerprint density at radius 1 is 1.40 bits per heavy atom. The van der Waals surface area contributed by atoms with Crippen LogP contribution in [0.2, 0.25) is 0 Å². The van der Waals surface area contributed by atoms with Crippen molar-refractivity contribution < 1.29 is 8.42 Å². The molecule has 2 rings (SSSR count). The normalized spacial score (nSPS) is 15.5. The molecule has 110 valence electrons. The highest BCUT2D eigenvalue weighted by Crippen LogP contribution is 2.32. The standard InChI is InChI=1S/C15H22N2O2S/c1-3-11-17(14-9-10-14)20(18,19)15-8-6-5-7-13(15)12-16-4-2/h3,5-8,14,16H,1,4,9-12H2,2H3. The van der Waals surface area contributed by atoms with E-state index in [1.54, 1.807) is 22.5 Å². The number of sulfonamides is 1. The molecule has 0 heterocycles. The van der Waals surface area contributed by atoms with Gasteiger partial charge >= 0.3 is 0 Å². The maximum atomic E-state index is 12.8. The number of hydrogen-bond acceptors (Lipinski definition) is 3. The van der Waals surface area contributed by atoms with Crippen molar-refractivity contribution in [2.45, 2.75) is 37.2 Å². The van der Waals surface area contributed by atoms with Crippen LogP contribution < -0.4 is 5.32 Å². The highest BCUT2D eigenvalue weighted by molar-refractivity contribution is 7.89. The van der Waals surface area contributed by atoms with Gasteiger partial charge in [0.15, 0.2) is 0 Å². The van der Waals surface area contributed by atoms with Gasteiger partial charge in [-0.25, -0.2) is 8.42 Å². The SMILES string of the molecule is C=CCN(C1CC1)S(=O)(=O)c1ccccc1CNCC. The van der Waals surface area contributed by atoms with Gasteiger partial charge < -0.3 is 5.32 Å². The Morgan fingerprint density at radius 3 is 2.70 bits per heavy atom. The summed E-state index contributed by atoms with van der Waals surface area (Å²) in [5, 5.41) is 3.19. The van der Waals surface area contributed by atoms with Gasteiger partial charge in [-0.1, -0.05) is 31.2 Å². The van der Waals surface area contributed by atoms with E-state index in [4.69, 9.17) is 0 Å². The topological polar surface area (TPSA) is 49.4 Å². The maximum absolute atomic E-state index is 12.8. The second kappa shape index (κ2) is 6.52. The van der Waals surface area contributed by atoms with E-state index in [1.165, 1.54) is 0 Å². The first-order valence-corrected chi connectivity index (χ1v) is 8.46. The van der Waals surface area contributed by atoms with Crippen molar-refractivity contribution >= 4 is 10.0 Å². The van der Waals surface area contributed by atoms with Gasteiger partial charge in [-0.05, 0) is 31.0 Å². The summed E-state index contributed by atoms with van der Waals surface area (Å²) >= 11 is 0. The average Bonchev–Trinajstić information content (AvgIpc) is 3.27. The van der Waals surface area contributed by atoms with E-state index in [0.717, 1.165) is 24.9 Å². The van der Waals surface area contributed by atoms with E-state index in [2.05, 4.69) is 11.9 Å². The van der Waals surface area contributed by atoms with Crippen molar-refractivity contribution in [2.75, 3.05) is 13.1 Å². The second-order valence-electron chi connectivity index (χ2n) is 4.98. The zero-order valence-electron chi connectivity index (χ0n) is 11.9. The molecule has 0 aliphatic heterocycles. The van der Waals surface area contributed by atoms with E-state index in [-0.39, 0.29) is 6.04 Å². The lowest BCUT2D eigenvalue weighted by atomic mass is 10.2. The lowest BCUT2D eigenvalue weighted by Gasteiger charge is -2.22. The molecule has 4 nitrogen and oxygen atoms in total. The fraction of sp³-hybridized carbons (Fsp3) is 0.467. The summed E-state index contributed by atoms with van der Waals surface area (Å²) in [7, 11) is -3.44. The number of nitrogens with zero attached hydrogens (tertiary/aromatic N) is 1. The number of nitrogens with one attached hydrogen (secondary N) is 1. The predicted octanol–water partition coefficient (Wildman–Crippen LogP) is 2.14. The molecule has 1 fully saturated rings. The van der Waals surface area contributed by atoms with Gasteiger partial charge in [-0.2, -0.15) is 4.31 Å². The molecule has 1 aliphatic rings. The zero-order valence-corrected chi connectivity index (χ0v) is 12.7. The monoisotopic (exact) mass is 294 g/mol. The smallest absolute Gasteiger partial charge is 0.243 e. The van der Waals surface area contributed by atoms with Crippen LogP contribution in [-0.4, -0.2) is 31.9 Å². The second-order valence-corrected chi connectivity index (χ2v) is 6.84. The molecule has 0 unspecified atom stereocenters. The van der Waals surface area contributed by atoms with Crippen molar-refractivity contribution in [1.82, 2.24) is 9.62 Å². The van der Waals surface area contributed by atoms with E-state index < -0.39 is 10.0 Å². The lowest BCUT2D eigenvalue weighted by molar-refractivity contribution is 0.435. The molecule has 1 aromatic carbocycles. The summed E-state index contributed by atoms with van der Waals surface area (Å²) in [5.41, 5.74) is 0.823. The minimum Gasteiger partial charge on any atom is -0.313 e. The molecule has 1 aromatic rings. The molecular formula is C15H22N2O2S. The molecule has 1 saturated carbocycles. The van der Waals surface area contributed by atoms with E-state index in [9.17, 15) is 8.42 Å². The van der Waals surface area contributed by atoms with Crippen molar-refractivity contribution in [3.8, 4) is 0 Å². The van der Waals surface area contributed by atoms with Gasteiger partial charge in [-0.3, -0.25) is 0 Å². The Balaban J connectivity index is 2.34. The summed E-state index contributed by atoms with van der Waals surface area (Å²) in [6.45, 7) is 7.44. The molecule has 0 amide bonds. The third kappa shape index (κ3) is 3.29. The van der Waals surface area contributed by atoms with Crippen LogP contribution in [0.25, 0.3) is 0 Å². The minimum absolute atomic E-state index is 0.144. The summed E-state index contributed by atoms with van der Waals surface area (Å²) in [6, 6.07) is 7.36. The van der Waals surface area contributed by atoms with Gasteiger partial charge in [0.1, 0.15) is 0 Å². The molecular weight excluding hydrogens is 272 g/mol. The molecule has 5 heteroatoms. The van der Waals surface area contributed by atoms with Crippen LogP contribution in [0.1, 0.15) is 25.3 Å². The summed E-state index contributed by atoms with van der Waals surface area (Å²) < 4.78 is 27.3. The first-order chi connectivity index (χ1) is 9.61. The summed E-state index contributed by atoms with van der Waals surface area (Å²) in [4.78, 5) is 0.412. The number of rotatable bonds is 8. The van der Waals surface area contributed by atoms with Gasteiger partial charge in [0.25, 0.3) is 0 Å². The molecule has 0 radical (unpaired) electrons. The van der Waals surface area contributed by atoms with Crippen LogP contribution in [0.4, 0.5) is 0 Å².